The van der Waals surface area contributed by atoms with Gasteiger partial charge in [0.25, 0.3) is 0 Å². The van der Waals surface area contributed by atoms with Gasteiger partial charge in [0.15, 0.2) is 0 Å². The molecule has 0 atom stereocenters. The van der Waals surface area contributed by atoms with Crippen molar-refractivity contribution in [2.24, 2.45) is 0 Å². The van der Waals surface area contributed by atoms with E-state index >= 15 is 0 Å². The zero-order valence-corrected chi connectivity index (χ0v) is 15.8. The normalized spacial score (nSPS) is 17.5. The van der Waals surface area contributed by atoms with Crippen molar-refractivity contribution in [1.29, 1.82) is 0 Å². The number of rotatable bonds is 3. The minimum Gasteiger partial charge on any atom is -0.385 e. The molecule has 1 fully saturated rings. The zero-order chi connectivity index (χ0) is 18.1. The lowest BCUT2D eigenvalue weighted by Crippen LogP contribution is -2.33. The second-order valence-electron chi connectivity index (χ2n) is 7.70. The minimum atomic E-state index is -0.994. The molecular formula is C21H25FO2S. The van der Waals surface area contributed by atoms with Crippen LogP contribution in [0.5, 0.6) is 0 Å². The van der Waals surface area contributed by atoms with Crippen LogP contribution in [0.1, 0.15) is 44.7 Å². The topological polar surface area (TPSA) is 29.5 Å². The molecule has 134 valence electrons. The van der Waals surface area contributed by atoms with Gasteiger partial charge >= 0.3 is 0 Å². The van der Waals surface area contributed by atoms with E-state index in [1.165, 1.54) is 29.5 Å². The summed E-state index contributed by atoms with van der Waals surface area (Å²) in [4.78, 5) is 1.86. The molecule has 1 N–H and O–H groups in total. The average molecular weight is 360 g/mol. The van der Waals surface area contributed by atoms with Gasteiger partial charge in [-0.1, -0.05) is 44.7 Å². The molecule has 2 nitrogen and oxygen atoms in total. The third-order valence-corrected chi connectivity index (χ3v) is 5.66. The van der Waals surface area contributed by atoms with Crippen LogP contribution in [0.2, 0.25) is 0 Å². The van der Waals surface area contributed by atoms with Crippen molar-refractivity contribution in [2.45, 2.75) is 54.4 Å². The highest BCUT2D eigenvalue weighted by Crippen LogP contribution is 2.37. The van der Waals surface area contributed by atoms with Crippen molar-refractivity contribution in [3.05, 3.63) is 59.4 Å². The lowest BCUT2D eigenvalue weighted by molar-refractivity contribution is -0.0681. The first-order valence-corrected chi connectivity index (χ1v) is 9.48. The molecule has 1 aliphatic rings. The second-order valence-corrected chi connectivity index (χ2v) is 8.84. The van der Waals surface area contributed by atoms with Crippen LogP contribution >= 0.6 is 11.8 Å². The molecule has 0 bridgehead atoms. The van der Waals surface area contributed by atoms with Crippen LogP contribution in [0.3, 0.4) is 0 Å². The Hall–Kier alpha value is -1.36. The minimum absolute atomic E-state index is 0.113. The number of ether oxygens (including phenoxy) is 1. The largest absolute Gasteiger partial charge is 0.385 e. The standard InChI is InChI=1S/C21H25FO2S/c1-20(2,3)15-4-6-18(7-5-15)25-19-13-16(12-17(22)14-19)21(23)8-10-24-11-9-21/h4-7,12-14,23H,8-11H2,1-3H3. The van der Waals surface area contributed by atoms with Crippen LogP contribution in [0, 0.1) is 5.82 Å². The van der Waals surface area contributed by atoms with Gasteiger partial charge in [-0.15, -0.1) is 0 Å². The predicted octanol–water partition coefficient (Wildman–Crippen LogP) is 5.27. The maximum absolute atomic E-state index is 14.1. The van der Waals surface area contributed by atoms with Gasteiger partial charge in [0, 0.05) is 35.8 Å². The molecule has 4 heteroatoms. The quantitative estimate of drug-likeness (QED) is 0.808. The van der Waals surface area contributed by atoms with Gasteiger partial charge in [-0.2, -0.15) is 0 Å². The molecule has 0 aromatic heterocycles. The number of aliphatic hydroxyl groups is 1. The van der Waals surface area contributed by atoms with Gasteiger partial charge in [0.2, 0.25) is 0 Å². The summed E-state index contributed by atoms with van der Waals surface area (Å²) in [7, 11) is 0. The highest BCUT2D eigenvalue weighted by atomic mass is 32.2. The van der Waals surface area contributed by atoms with E-state index in [4.69, 9.17) is 4.74 Å². The molecule has 2 aromatic carbocycles. The van der Waals surface area contributed by atoms with Crippen molar-refractivity contribution in [3.8, 4) is 0 Å². The van der Waals surface area contributed by atoms with E-state index in [-0.39, 0.29) is 11.2 Å². The third-order valence-electron chi connectivity index (χ3n) is 4.68. The van der Waals surface area contributed by atoms with Crippen LogP contribution in [-0.2, 0) is 15.8 Å². The van der Waals surface area contributed by atoms with E-state index in [0.717, 1.165) is 9.79 Å². The first-order chi connectivity index (χ1) is 11.8. The van der Waals surface area contributed by atoms with Crippen LogP contribution in [0.15, 0.2) is 52.3 Å². The van der Waals surface area contributed by atoms with Crippen molar-refractivity contribution < 1.29 is 14.2 Å². The van der Waals surface area contributed by atoms with E-state index in [0.29, 0.717) is 31.6 Å². The van der Waals surface area contributed by atoms with E-state index in [1.807, 2.05) is 6.07 Å². The number of hydrogen-bond donors (Lipinski definition) is 1. The van der Waals surface area contributed by atoms with Crippen molar-refractivity contribution in [1.82, 2.24) is 0 Å². The molecular weight excluding hydrogens is 335 g/mol. The molecule has 0 amide bonds. The smallest absolute Gasteiger partial charge is 0.124 e. The van der Waals surface area contributed by atoms with Gasteiger partial charge in [-0.05, 0) is 46.9 Å². The van der Waals surface area contributed by atoms with Crippen molar-refractivity contribution >= 4 is 11.8 Å². The Morgan fingerprint density at radius 1 is 1.00 bits per heavy atom. The summed E-state index contributed by atoms with van der Waals surface area (Å²) in [6.45, 7) is 7.56. The van der Waals surface area contributed by atoms with Crippen molar-refractivity contribution in [2.75, 3.05) is 13.2 Å². The Kier molecular flexibility index (Phi) is 5.24. The maximum Gasteiger partial charge on any atom is 0.124 e. The van der Waals surface area contributed by atoms with E-state index in [2.05, 4.69) is 45.0 Å². The fraction of sp³-hybridized carbons (Fsp3) is 0.429. The fourth-order valence-electron chi connectivity index (χ4n) is 3.05. The van der Waals surface area contributed by atoms with E-state index < -0.39 is 5.60 Å². The summed E-state index contributed by atoms with van der Waals surface area (Å²) < 4.78 is 19.4. The number of benzene rings is 2. The first-order valence-electron chi connectivity index (χ1n) is 8.66. The highest BCUT2D eigenvalue weighted by Gasteiger charge is 2.32. The Labute approximate surface area is 153 Å². The molecule has 0 spiro atoms. The molecule has 0 saturated carbocycles. The monoisotopic (exact) mass is 360 g/mol. The van der Waals surface area contributed by atoms with Gasteiger partial charge in [0.05, 0.1) is 5.60 Å². The molecule has 3 rings (SSSR count). The molecule has 0 unspecified atom stereocenters. The first kappa shape index (κ1) is 18.4. The number of halogens is 1. The molecule has 1 aliphatic heterocycles. The van der Waals surface area contributed by atoms with Crippen molar-refractivity contribution in [3.63, 3.8) is 0 Å². The molecule has 1 heterocycles. The average Bonchev–Trinajstić information content (AvgIpc) is 2.55. The van der Waals surface area contributed by atoms with E-state index in [1.54, 1.807) is 0 Å². The summed E-state index contributed by atoms with van der Waals surface area (Å²) in [6, 6.07) is 13.2. The molecule has 0 aliphatic carbocycles. The van der Waals surface area contributed by atoms with Gasteiger partial charge < -0.3 is 9.84 Å². The van der Waals surface area contributed by atoms with Gasteiger partial charge in [0.1, 0.15) is 5.82 Å². The second kappa shape index (κ2) is 7.10. The van der Waals surface area contributed by atoms with Crippen LogP contribution < -0.4 is 0 Å². The van der Waals surface area contributed by atoms with Crippen LogP contribution in [-0.4, -0.2) is 18.3 Å². The van der Waals surface area contributed by atoms with Crippen LogP contribution in [0.25, 0.3) is 0 Å². The number of hydrogen-bond acceptors (Lipinski definition) is 3. The summed E-state index contributed by atoms with van der Waals surface area (Å²) in [5.41, 5.74) is 1.03. The summed E-state index contributed by atoms with van der Waals surface area (Å²) in [5, 5.41) is 10.8. The molecule has 2 aromatic rings. The molecule has 0 radical (unpaired) electrons. The summed E-state index contributed by atoms with van der Waals surface area (Å²) >= 11 is 1.52. The summed E-state index contributed by atoms with van der Waals surface area (Å²) in [5.74, 6) is -0.314. The zero-order valence-electron chi connectivity index (χ0n) is 15.0. The molecule has 25 heavy (non-hydrogen) atoms. The Bertz CT molecular complexity index is 729. The summed E-state index contributed by atoms with van der Waals surface area (Å²) in [6.07, 6.45) is 1.00. The maximum atomic E-state index is 14.1. The highest BCUT2D eigenvalue weighted by molar-refractivity contribution is 7.99. The van der Waals surface area contributed by atoms with Crippen LogP contribution in [0.4, 0.5) is 4.39 Å². The lowest BCUT2D eigenvalue weighted by Gasteiger charge is -2.32. The predicted molar refractivity (Wildman–Crippen MR) is 99.6 cm³/mol. The SMILES string of the molecule is CC(C)(C)c1ccc(Sc2cc(F)cc(C3(O)CCOCC3)c2)cc1. The lowest BCUT2D eigenvalue weighted by atomic mass is 9.86. The molecule has 1 saturated heterocycles. The van der Waals surface area contributed by atoms with Gasteiger partial charge in [-0.25, -0.2) is 4.39 Å². The Balaban J connectivity index is 1.83. The Morgan fingerprint density at radius 3 is 2.24 bits per heavy atom. The Morgan fingerprint density at radius 2 is 1.64 bits per heavy atom. The van der Waals surface area contributed by atoms with Gasteiger partial charge in [-0.3, -0.25) is 0 Å². The fourth-order valence-corrected chi connectivity index (χ4v) is 3.95. The third kappa shape index (κ3) is 4.43. The van der Waals surface area contributed by atoms with E-state index in [9.17, 15) is 9.50 Å².